The van der Waals surface area contributed by atoms with E-state index in [-0.39, 0.29) is 17.9 Å². The predicted molar refractivity (Wildman–Crippen MR) is 103 cm³/mol. The number of hydrogen-bond acceptors (Lipinski definition) is 3. The number of rotatable bonds is 6. The Hall–Kier alpha value is -2.14. The molecule has 0 bridgehead atoms. The number of carbonyl (C=O) groups excluding carboxylic acids is 2. The molecule has 5 heteroatoms. The topological polar surface area (TPSA) is 49.4 Å². The van der Waals surface area contributed by atoms with Crippen LogP contribution >= 0.6 is 11.3 Å². The molecule has 2 aromatic rings. The summed E-state index contributed by atoms with van der Waals surface area (Å²) in [5, 5.41) is 6.58. The third kappa shape index (κ3) is 3.68. The first-order chi connectivity index (χ1) is 12.7. The quantitative estimate of drug-likeness (QED) is 0.840. The maximum Gasteiger partial charge on any atom is 0.252 e. The van der Waals surface area contributed by atoms with Crippen molar-refractivity contribution in [1.82, 2.24) is 10.2 Å². The molecule has 4 rings (SSSR count). The van der Waals surface area contributed by atoms with E-state index in [2.05, 4.69) is 34.5 Å². The number of nitrogens with one attached hydrogen (secondary N) is 1. The Morgan fingerprint density at radius 2 is 2.00 bits per heavy atom. The van der Waals surface area contributed by atoms with Crippen molar-refractivity contribution in [2.45, 2.75) is 50.6 Å². The van der Waals surface area contributed by atoms with E-state index in [1.807, 2.05) is 10.8 Å². The summed E-state index contributed by atoms with van der Waals surface area (Å²) in [7, 11) is 0. The highest BCUT2D eigenvalue weighted by Crippen LogP contribution is 2.41. The van der Waals surface area contributed by atoms with Gasteiger partial charge in [0.05, 0.1) is 6.04 Å². The number of carbonyl (C=O) groups is 2. The number of nitrogens with zero attached hydrogens (tertiary/aromatic N) is 1. The van der Waals surface area contributed by atoms with Crippen LogP contribution in [-0.2, 0) is 11.2 Å². The minimum Gasteiger partial charge on any atom is -0.351 e. The number of hydrogen-bond donors (Lipinski definition) is 1. The van der Waals surface area contributed by atoms with Crippen LogP contribution in [0.15, 0.2) is 41.1 Å². The smallest absolute Gasteiger partial charge is 0.252 e. The summed E-state index contributed by atoms with van der Waals surface area (Å²) < 4.78 is 0. The van der Waals surface area contributed by atoms with E-state index in [4.69, 9.17) is 0 Å². The van der Waals surface area contributed by atoms with Crippen LogP contribution in [0, 0.1) is 0 Å². The fourth-order valence-corrected chi connectivity index (χ4v) is 4.55. The number of benzene rings is 1. The standard InChI is InChI=1S/C21H24N2O2S/c24-20(10-12-22-21(25)16-11-13-26-14-16)23(17-8-9-17)19-7-3-5-15-4-1-2-6-18(15)19/h1-2,4,6,11,13-14,17,19H,3,5,7-10,12H2,(H,22,25). The molecule has 4 nitrogen and oxygen atoms in total. The predicted octanol–water partition coefficient (Wildman–Crippen LogP) is 3.94. The number of aryl methyl sites for hydroxylation is 1. The fourth-order valence-electron chi connectivity index (χ4n) is 3.91. The molecule has 1 N–H and O–H groups in total. The van der Waals surface area contributed by atoms with Crippen LogP contribution in [0.5, 0.6) is 0 Å². The first-order valence-electron chi connectivity index (χ1n) is 9.43. The molecule has 1 saturated carbocycles. The Balaban J connectivity index is 1.41. The van der Waals surface area contributed by atoms with Crippen LogP contribution < -0.4 is 5.32 Å². The lowest BCUT2D eigenvalue weighted by Crippen LogP contribution is -2.40. The molecule has 1 fully saturated rings. The summed E-state index contributed by atoms with van der Waals surface area (Å²) in [4.78, 5) is 27.1. The van der Waals surface area contributed by atoms with Crippen molar-refractivity contribution in [2.75, 3.05) is 6.54 Å². The van der Waals surface area contributed by atoms with Crippen molar-refractivity contribution in [3.05, 3.63) is 57.8 Å². The highest BCUT2D eigenvalue weighted by Gasteiger charge is 2.39. The van der Waals surface area contributed by atoms with Crippen LogP contribution in [-0.4, -0.2) is 29.3 Å². The van der Waals surface area contributed by atoms with Crippen molar-refractivity contribution >= 4 is 23.2 Å². The molecule has 1 unspecified atom stereocenters. The molecule has 136 valence electrons. The van der Waals surface area contributed by atoms with Crippen molar-refractivity contribution < 1.29 is 9.59 Å². The summed E-state index contributed by atoms with van der Waals surface area (Å²) >= 11 is 1.50. The number of fused-ring (bicyclic) bond motifs is 1. The van der Waals surface area contributed by atoms with Crippen LogP contribution in [0.1, 0.15) is 59.6 Å². The van der Waals surface area contributed by atoms with Gasteiger partial charge in [0.2, 0.25) is 5.91 Å². The Bertz CT molecular complexity index is 783. The summed E-state index contributed by atoms with van der Waals surface area (Å²) in [6.07, 6.45) is 5.85. The van der Waals surface area contributed by atoms with E-state index in [0.29, 0.717) is 24.6 Å². The van der Waals surface area contributed by atoms with E-state index >= 15 is 0 Å². The largest absolute Gasteiger partial charge is 0.351 e. The van der Waals surface area contributed by atoms with Crippen LogP contribution in [0.2, 0.25) is 0 Å². The van der Waals surface area contributed by atoms with Gasteiger partial charge in [-0.05, 0) is 54.7 Å². The van der Waals surface area contributed by atoms with E-state index in [9.17, 15) is 9.59 Å². The lowest BCUT2D eigenvalue weighted by Gasteiger charge is -2.36. The Morgan fingerprint density at radius 3 is 2.77 bits per heavy atom. The van der Waals surface area contributed by atoms with Crippen LogP contribution in [0.25, 0.3) is 0 Å². The molecule has 0 saturated heterocycles. The molecule has 0 aliphatic heterocycles. The monoisotopic (exact) mass is 368 g/mol. The average molecular weight is 369 g/mol. The molecule has 1 heterocycles. The highest BCUT2D eigenvalue weighted by molar-refractivity contribution is 7.08. The van der Waals surface area contributed by atoms with Gasteiger partial charge in [0.15, 0.2) is 0 Å². The minimum atomic E-state index is -0.0972. The number of amides is 2. The van der Waals surface area contributed by atoms with Gasteiger partial charge in [0.1, 0.15) is 0 Å². The first kappa shape index (κ1) is 17.3. The second kappa shape index (κ2) is 7.62. The lowest BCUT2D eigenvalue weighted by atomic mass is 9.86. The zero-order chi connectivity index (χ0) is 17.9. The molecule has 0 spiro atoms. The lowest BCUT2D eigenvalue weighted by molar-refractivity contribution is -0.134. The average Bonchev–Trinajstić information content (AvgIpc) is 3.33. The summed E-state index contributed by atoms with van der Waals surface area (Å²) in [5.41, 5.74) is 3.37. The van der Waals surface area contributed by atoms with Gasteiger partial charge in [-0.2, -0.15) is 11.3 Å². The molecule has 0 radical (unpaired) electrons. The molecule has 2 aliphatic rings. The van der Waals surface area contributed by atoms with Crippen LogP contribution in [0.3, 0.4) is 0 Å². The molecule has 2 aliphatic carbocycles. The van der Waals surface area contributed by atoms with Gasteiger partial charge < -0.3 is 10.2 Å². The summed E-state index contributed by atoms with van der Waals surface area (Å²) in [6, 6.07) is 10.9. The van der Waals surface area contributed by atoms with Gasteiger partial charge in [-0.15, -0.1) is 0 Å². The van der Waals surface area contributed by atoms with Crippen molar-refractivity contribution in [2.24, 2.45) is 0 Å². The van der Waals surface area contributed by atoms with Gasteiger partial charge in [-0.25, -0.2) is 0 Å². The van der Waals surface area contributed by atoms with E-state index in [1.54, 1.807) is 6.07 Å². The Labute approximate surface area is 158 Å². The molecule has 1 aromatic carbocycles. The molecular formula is C21H24N2O2S. The Kier molecular flexibility index (Phi) is 5.07. The first-order valence-corrected chi connectivity index (χ1v) is 10.4. The zero-order valence-electron chi connectivity index (χ0n) is 14.8. The van der Waals surface area contributed by atoms with E-state index in [1.165, 1.54) is 22.5 Å². The van der Waals surface area contributed by atoms with Crippen molar-refractivity contribution in [3.8, 4) is 0 Å². The Morgan fingerprint density at radius 1 is 1.15 bits per heavy atom. The zero-order valence-corrected chi connectivity index (χ0v) is 15.6. The normalized spacial score (nSPS) is 18.8. The van der Waals surface area contributed by atoms with Crippen molar-refractivity contribution in [1.29, 1.82) is 0 Å². The fraction of sp³-hybridized carbons (Fsp3) is 0.429. The molecule has 2 amide bonds. The third-order valence-corrected chi connectivity index (χ3v) is 5.99. The van der Waals surface area contributed by atoms with E-state index in [0.717, 1.165) is 32.1 Å². The summed E-state index contributed by atoms with van der Waals surface area (Å²) in [5.74, 6) is 0.0693. The van der Waals surface area contributed by atoms with Gasteiger partial charge in [-0.3, -0.25) is 9.59 Å². The maximum atomic E-state index is 13.0. The maximum absolute atomic E-state index is 13.0. The minimum absolute atomic E-state index is 0.0972. The van der Waals surface area contributed by atoms with Crippen molar-refractivity contribution in [3.63, 3.8) is 0 Å². The molecule has 1 aromatic heterocycles. The second-order valence-electron chi connectivity index (χ2n) is 7.16. The molecule has 1 atom stereocenters. The summed E-state index contributed by atoms with van der Waals surface area (Å²) in [6.45, 7) is 0.394. The second-order valence-corrected chi connectivity index (χ2v) is 7.94. The SMILES string of the molecule is O=C(NCCC(=O)N(C1CC1)C1CCCc2ccccc21)c1ccsc1. The molecule has 26 heavy (non-hydrogen) atoms. The highest BCUT2D eigenvalue weighted by atomic mass is 32.1. The van der Waals surface area contributed by atoms with E-state index < -0.39 is 0 Å². The van der Waals surface area contributed by atoms with Gasteiger partial charge >= 0.3 is 0 Å². The molecular weight excluding hydrogens is 344 g/mol. The third-order valence-electron chi connectivity index (χ3n) is 5.31. The van der Waals surface area contributed by atoms with Gasteiger partial charge in [0, 0.05) is 30.0 Å². The number of thiophene rings is 1. The van der Waals surface area contributed by atoms with Gasteiger partial charge in [-0.1, -0.05) is 24.3 Å². The van der Waals surface area contributed by atoms with Crippen LogP contribution in [0.4, 0.5) is 0 Å². The van der Waals surface area contributed by atoms with Gasteiger partial charge in [0.25, 0.3) is 5.91 Å².